The van der Waals surface area contributed by atoms with Gasteiger partial charge in [0.1, 0.15) is 5.82 Å². The molecule has 0 amide bonds. The van der Waals surface area contributed by atoms with E-state index in [9.17, 15) is 4.39 Å². The van der Waals surface area contributed by atoms with Crippen molar-refractivity contribution in [2.45, 2.75) is 0 Å². The van der Waals surface area contributed by atoms with Crippen LogP contribution in [0.1, 0.15) is 0 Å². The maximum absolute atomic E-state index is 12.4. The first-order chi connectivity index (χ1) is 4.74. The number of rotatable bonds is 1. The summed E-state index contributed by atoms with van der Waals surface area (Å²) in [7, 11) is 0. The summed E-state index contributed by atoms with van der Waals surface area (Å²) in [6, 6.07) is 4.19. The van der Waals surface area contributed by atoms with Crippen LogP contribution in [0, 0.1) is 5.82 Å². The van der Waals surface area contributed by atoms with E-state index in [0.717, 1.165) is 0 Å². The molecule has 0 aliphatic rings. The zero-order chi connectivity index (χ0) is 7.56. The molecule has 0 radical (unpaired) electrons. The summed E-state index contributed by atoms with van der Waals surface area (Å²) in [6.45, 7) is 0. The van der Waals surface area contributed by atoms with Gasteiger partial charge in [-0.1, -0.05) is 0 Å². The second-order valence-electron chi connectivity index (χ2n) is 1.88. The highest BCUT2D eigenvalue weighted by molar-refractivity contribution is 5.54. The third-order valence-corrected chi connectivity index (χ3v) is 1.16. The van der Waals surface area contributed by atoms with Crippen LogP contribution in [0.4, 0.5) is 15.8 Å². The molecule has 0 fully saturated rings. The Labute approximate surface area is 57.8 Å². The summed E-state index contributed by atoms with van der Waals surface area (Å²) in [4.78, 5) is 0. The molecule has 0 heterocycles. The predicted octanol–water partition coefficient (Wildman–Crippen LogP) is 0.694. The van der Waals surface area contributed by atoms with E-state index in [2.05, 4.69) is 5.43 Å². The van der Waals surface area contributed by atoms with Crippen LogP contribution in [0.3, 0.4) is 0 Å². The van der Waals surface area contributed by atoms with E-state index in [4.69, 9.17) is 11.6 Å². The van der Waals surface area contributed by atoms with Gasteiger partial charge in [0.2, 0.25) is 0 Å². The van der Waals surface area contributed by atoms with Gasteiger partial charge in [-0.15, -0.1) is 0 Å². The van der Waals surface area contributed by atoms with Crippen LogP contribution in [0.15, 0.2) is 18.2 Å². The van der Waals surface area contributed by atoms with Gasteiger partial charge in [0.25, 0.3) is 0 Å². The minimum absolute atomic E-state index is 0.0930. The first-order valence-electron chi connectivity index (χ1n) is 2.75. The molecule has 0 saturated heterocycles. The van der Waals surface area contributed by atoms with Crippen molar-refractivity contribution >= 4 is 11.4 Å². The van der Waals surface area contributed by atoms with Gasteiger partial charge < -0.3 is 11.2 Å². The zero-order valence-corrected chi connectivity index (χ0v) is 5.26. The SMILES string of the molecule is NNc1ccc(F)c(N)c1. The molecule has 0 unspecified atom stereocenters. The van der Waals surface area contributed by atoms with Gasteiger partial charge in [-0.05, 0) is 18.2 Å². The number of nitrogens with two attached hydrogens (primary N) is 2. The Kier molecular flexibility index (Phi) is 1.73. The van der Waals surface area contributed by atoms with Crippen LogP contribution in [-0.4, -0.2) is 0 Å². The van der Waals surface area contributed by atoms with E-state index in [0.29, 0.717) is 5.69 Å². The molecule has 4 heteroatoms. The van der Waals surface area contributed by atoms with Crippen LogP contribution < -0.4 is 17.0 Å². The number of benzene rings is 1. The van der Waals surface area contributed by atoms with Crippen LogP contribution in [0.25, 0.3) is 0 Å². The molecule has 54 valence electrons. The van der Waals surface area contributed by atoms with E-state index in [1.165, 1.54) is 18.2 Å². The molecule has 3 nitrogen and oxygen atoms in total. The molecule has 0 bridgehead atoms. The monoisotopic (exact) mass is 141 g/mol. The number of hydrazine groups is 1. The Morgan fingerprint density at radius 1 is 1.40 bits per heavy atom. The molecule has 1 rings (SSSR count). The van der Waals surface area contributed by atoms with Gasteiger partial charge in [-0.25, -0.2) is 4.39 Å². The van der Waals surface area contributed by atoms with E-state index >= 15 is 0 Å². The Balaban J connectivity index is 3.04. The van der Waals surface area contributed by atoms with Crippen LogP contribution in [0.2, 0.25) is 0 Å². The maximum Gasteiger partial charge on any atom is 0.146 e. The van der Waals surface area contributed by atoms with E-state index in [1.807, 2.05) is 0 Å². The lowest BCUT2D eigenvalue weighted by atomic mass is 10.3. The van der Waals surface area contributed by atoms with Gasteiger partial charge in [-0.2, -0.15) is 0 Å². The standard InChI is InChI=1S/C6H8FN3/c7-5-2-1-4(10-9)3-6(5)8/h1-3,10H,8-9H2. The van der Waals surface area contributed by atoms with Crippen molar-refractivity contribution in [2.75, 3.05) is 11.2 Å². The Bertz CT molecular complexity index is 236. The first-order valence-corrected chi connectivity index (χ1v) is 2.75. The molecular weight excluding hydrogens is 133 g/mol. The van der Waals surface area contributed by atoms with Crippen molar-refractivity contribution in [1.29, 1.82) is 0 Å². The Morgan fingerprint density at radius 3 is 2.60 bits per heavy atom. The Morgan fingerprint density at radius 2 is 2.10 bits per heavy atom. The van der Waals surface area contributed by atoms with E-state index < -0.39 is 5.82 Å². The fourth-order valence-electron chi connectivity index (χ4n) is 0.634. The summed E-state index contributed by atoms with van der Waals surface area (Å²) < 4.78 is 12.4. The minimum atomic E-state index is -0.431. The average molecular weight is 141 g/mol. The molecule has 0 aromatic heterocycles. The number of halogens is 1. The fourth-order valence-corrected chi connectivity index (χ4v) is 0.634. The summed E-state index contributed by atoms with van der Waals surface area (Å²) in [5.41, 5.74) is 8.26. The summed E-state index contributed by atoms with van der Waals surface area (Å²) >= 11 is 0. The molecule has 10 heavy (non-hydrogen) atoms. The van der Waals surface area contributed by atoms with Crippen molar-refractivity contribution in [3.63, 3.8) is 0 Å². The largest absolute Gasteiger partial charge is 0.396 e. The molecule has 1 aromatic carbocycles. The van der Waals surface area contributed by atoms with Crippen molar-refractivity contribution in [3.05, 3.63) is 24.0 Å². The highest BCUT2D eigenvalue weighted by Crippen LogP contribution is 2.14. The molecule has 0 spiro atoms. The van der Waals surface area contributed by atoms with Crippen molar-refractivity contribution in [2.24, 2.45) is 5.84 Å². The number of hydrogen-bond donors (Lipinski definition) is 3. The third kappa shape index (κ3) is 1.16. The molecular formula is C6H8FN3. The van der Waals surface area contributed by atoms with Gasteiger partial charge in [0.15, 0.2) is 0 Å². The highest BCUT2D eigenvalue weighted by Gasteiger charge is 1.96. The van der Waals surface area contributed by atoms with E-state index in [1.54, 1.807) is 0 Å². The van der Waals surface area contributed by atoms with Gasteiger partial charge >= 0.3 is 0 Å². The topological polar surface area (TPSA) is 64.1 Å². The molecule has 0 atom stereocenters. The normalized spacial score (nSPS) is 9.40. The molecule has 0 aliphatic carbocycles. The predicted molar refractivity (Wildman–Crippen MR) is 38.6 cm³/mol. The minimum Gasteiger partial charge on any atom is -0.396 e. The van der Waals surface area contributed by atoms with Crippen molar-refractivity contribution in [1.82, 2.24) is 0 Å². The second-order valence-corrected chi connectivity index (χ2v) is 1.88. The average Bonchev–Trinajstić information content (AvgIpc) is 1.95. The van der Waals surface area contributed by atoms with Crippen LogP contribution in [-0.2, 0) is 0 Å². The lowest BCUT2D eigenvalue weighted by molar-refractivity contribution is 0.632. The maximum atomic E-state index is 12.4. The number of hydrogen-bond acceptors (Lipinski definition) is 3. The lowest BCUT2D eigenvalue weighted by Crippen LogP contribution is -2.07. The summed E-state index contributed by atoms with van der Waals surface area (Å²) in [5.74, 6) is 4.61. The first kappa shape index (κ1) is 6.82. The molecule has 0 saturated carbocycles. The highest BCUT2D eigenvalue weighted by atomic mass is 19.1. The van der Waals surface area contributed by atoms with Crippen LogP contribution >= 0.6 is 0 Å². The third-order valence-electron chi connectivity index (χ3n) is 1.16. The Hall–Kier alpha value is -1.29. The fraction of sp³-hybridized carbons (Fsp3) is 0. The van der Waals surface area contributed by atoms with Crippen molar-refractivity contribution in [3.8, 4) is 0 Å². The van der Waals surface area contributed by atoms with Gasteiger partial charge in [0.05, 0.1) is 11.4 Å². The molecule has 1 aromatic rings. The summed E-state index contributed by atoms with van der Waals surface area (Å²) in [5, 5.41) is 0. The number of nitrogens with one attached hydrogen (secondary N) is 1. The molecule has 5 N–H and O–H groups in total. The number of nitrogen functional groups attached to an aromatic ring is 2. The summed E-state index contributed by atoms with van der Waals surface area (Å²) in [6.07, 6.45) is 0. The second kappa shape index (κ2) is 2.53. The van der Waals surface area contributed by atoms with Crippen molar-refractivity contribution < 1.29 is 4.39 Å². The van der Waals surface area contributed by atoms with Gasteiger partial charge in [-0.3, -0.25) is 5.84 Å². The van der Waals surface area contributed by atoms with Gasteiger partial charge in [0, 0.05) is 0 Å². The lowest BCUT2D eigenvalue weighted by Gasteiger charge is -2.00. The quantitative estimate of drug-likeness (QED) is 0.306. The van der Waals surface area contributed by atoms with Crippen LogP contribution in [0.5, 0.6) is 0 Å². The van der Waals surface area contributed by atoms with E-state index in [-0.39, 0.29) is 5.69 Å². The zero-order valence-electron chi connectivity index (χ0n) is 5.26. The molecule has 0 aliphatic heterocycles. The smallest absolute Gasteiger partial charge is 0.146 e. The number of anilines is 2.